The lowest BCUT2D eigenvalue weighted by Crippen LogP contribution is -2.55. The van der Waals surface area contributed by atoms with Crippen LogP contribution in [0.2, 0.25) is 0 Å². The molecule has 2 aromatic heterocycles. The Kier molecular flexibility index (Phi) is 7.53. The van der Waals surface area contributed by atoms with E-state index in [4.69, 9.17) is 0 Å². The van der Waals surface area contributed by atoms with E-state index in [1.54, 1.807) is 12.5 Å². The van der Waals surface area contributed by atoms with E-state index in [1.807, 2.05) is 45.8 Å². The standard InChI is InChI=1S/C21H29N5O4/c1-24-10-17(23-15-24)12-26(14-21(29)30)19-8-3-2-7-18(19)25(13-20(27)28)11-16-6-4-5-9-22-16/h4-6,9-10,15,18-19H,2-3,7-8,11-14H2,1H3,(H,27,28)(H,29,30)/t18-,19?/m0/s1. The molecule has 1 fully saturated rings. The minimum absolute atomic E-state index is 0.0695. The van der Waals surface area contributed by atoms with Crippen molar-refractivity contribution in [1.29, 1.82) is 0 Å². The highest BCUT2D eigenvalue weighted by molar-refractivity contribution is 5.69. The zero-order valence-electron chi connectivity index (χ0n) is 17.2. The summed E-state index contributed by atoms with van der Waals surface area (Å²) in [5.74, 6) is -1.80. The van der Waals surface area contributed by atoms with Gasteiger partial charge in [-0.15, -0.1) is 0 Å². The van der Waals surface area contributed by atoms with Gasteiger partial charge >= 0.3 is 11.9 Å². The van der Waals surface area contributed by atoms with Crippen molar-refractivity contribution in [3.05, 3.63) is 48.3 Å². The molecule has 9 nitrogen and oxygen atoms in total. The van der Waals surface area contributed by atoms with Gasteiger partial charge in [-0.1, -0.05) is 18.9 Å². The molecule has 0 saturated heterocycles. The fraction of sp³-hybridized carbons (Fsp3) is 0.524. The number of aryl methyl sites for hydroxylation is 1. The van der Waals surface area contributed by atoms with Crippen LogP contribution in [0, 0.1) is 0 Å². The first-order valence-corrected chi connectivity index (χ1v) is 10.2. The van der Waals surface area contributed by atoms with Gasteiger partial charge in [-0.2, -0.15) is 0 Å². The molecule has 2 atom stereocenters. The lowest BCUT2D eigenvalue weighted by Gasteiger charge is -2.44. The van der Waals surface area contributed by atoms with Crippen molar-refractivity contribution in [3.8, 4) is 0 Å². The van der Waals surface area contributed by atoms with Gasteiger partial charge in [0.1, 0.15) is 0 Å². The Hall–Kier alpha value is -2.78. The van der Waals surface area contributed by atoms with Gasteiger partial charge in [0.25, 0.3) is 0 Å². The van der Waals surface area contributed by atoms with E-state index in [0.29, 0.717) is 13.1 Å². The first kappa shape index (κ1) is 21.9. The lowest BCUT2D eigenvalue weighted by molar-refractivity contribution is -0.143. The Balaban J connectivity index is 1.85. The third-order valence-electron chi connectivity index (χ3n) is 5.52. The minimum Gasteiger partial charge on any atom is -0.480 e. The molecule has 3 rings (SSSR count). The van der Waals surface area contributed by atoms with E-state index in [1.165, 1.54) is 0 Å². The van der Waals surface area contributed by atoms with Gasteiger partial charge in [-0.25, -0.2) is 4.98 Å². The van der Waals surface area contributed by atoms with Gasteiger partial charge in [0.2, 0.25) is 0 Å². The number of rotatable bonds is 10. The zero-order valence-corrected chi connectivity index (χ0v) is 17.2. The molecule has 0 bridgehead atoms. The van der Waals surface area contributed by atoms with Crippen LogP contribution in [0.5, 0.6) is 0 Å². The molecule has 1 saturated carbocycles. The van der Waals surface area contributed by atoms with Crippen LogP contribution in [0.15, 0.2) is 36.9 Å². The number of aromatic nitrogens is 3. The third-order valence-corrected chi connectivity index (χ3v) is 5.52. The molecule has 1 aliphatic rings. The molecule has 30 heavy (non-hydrogen) atoms. The second-order valence-electron chi connectivity index (χ2n) is 7.87. The van der Waals surface area contributed by atoms with Crippen molar-refractivity contribution in [1.82, 2.24) is 24.3 Å². The largest absolute Gasteiger partial charge is 0.480 e. The number of carbonyl (C=O) groups is 2. The quantitative estimate of drug-likeness (QED) is 0.602. The lowest BCUT2D eigenvalue weighted by atomic mass is 9.87. The van der Waals surface area contributed by atoms with Gasteiger partial charge in [0, 0.05) is 44.6 Å². The van der Waals surface area contributed by atoms with Crippen LogP contribution in [0.1, 0.15) is 37.1 Å². The topological polar surface area (TPSA) is 112 Å². The molecular weight excluding hydrogens is 386 g/mol. The van der Waals surface area contributed by atoms with Crippen molar-refractivity contribution in [2.75, 3.05) is 13.1 Å². The summed E-state index contributed by atoms with van der Waals surface area (Å²) in [7, 11) is 1.88. The van der Waals surface area contributed by atoms with E-state index >= 15 is 0 Å². The molecule has 162 valence electrons. The summed E-state index contributed by atoms with van der Waals surface area (Å²) in [6.07, 6.45) is 8.91. The predicted octanol–water partition coefficient (Wildman–Crippen LogP) is 1.60. The Morgan fingerprint density at radius 3 is 2.07 bits per heavy atom. The second-order valence-corrected chi connectivity index (χ2v) is 7.87. The highest BCUT2D eigenvalue weighted by atomic mass is 16.4. The SMILES string of the molecule is Cn1cnc(CN(CC(=O)O)C2CCCC[C@@H]2N(CC(=O)O)Cc2ccccn2)c1. The van der Waals surface area contributed by atoms with Crippen molar-refractivity contribution >= 4 is 11.9 Å². The van der Waals surface area contributed by atoms with Crippen LogP contribution < -0.4 is 0 Å². The van der Waals surface area contributed by atoms with E-state index in [2.05, 4.69) is 9.97 Å². The summed E-state index contributed by atoms with van der Waals surface area (Å²) in [5, 5.41) is 19.0. The molecule has 0 spiro atoms. The molecule has 2 heterocycles. The number of hydrogen-bond acceptors (Lipinski definition) is 6. The molecular formula is C21H29N5O4. The van der Waals surface area contributed by atoms with E-state index in [-0.39, 0.29) is 25.2 Å². The third kappa shape index (κ3) is 6.11. The molecule has 0 aliphatic heterocycles. The zero-order chi connectivity index (χ0) is 21.5. The number of hydrogen-bond donors (Lipinski definition) is 2. The summed E-state index contributed by atoms with van der Waals surface area (Å²) in [5.41, 5.74) is 1.61. The molecule has 1 unspecified atom stereocenters. The molecule has 2 N–H and O–H groups in total. The fourth-order valence-corrected chi connectivity index (χ4v) is 4.33. The summed E-state index contributed by atoms with van der Waals surface area (Å²) in [6, 6.07) is 5.46. The summed E-state index contributed by atoms with van der Waals surface area (Å²) >= 11 is 0. The Morgan fingerprint density at radius 1 is 1.00 bits per heavy atom. The summed E-state index contributed by atoms with van der Waals surface area (Å²) in [4.78, 5) is 35.8. The molecule has 9 heteroatoms. The summed E-state index contributed by atoms with van der Waals surface area (Å²) < 4.78 is 1.84. The fourth-order valence-electron chi connectivity index (χ4n) is 4.33. The van der Waals surface area contributed by atoms with Crippen molar-refractivity contribution < 1.29 is 19.8 Å². The van der Waals surface area contributed by atoms with Crippen molar-refractivity contribution in [3.63, 3.8) is 0 Å². The van der Waals surface area contributed by atoms with Gasteiger partial charge in [0.05, 0.1) is 30.8 Å². The number of pyridine rings is 1. The second kappa shape index (κ2) is 10.3. The highest BCUT2D eigenvalue weighted by Gasteiger charge is 2.36. The van der Waals surface area contributed by atoms with E-state index in [0.717, 1.165) is 37.1 Å². The molecule has 1 aliphatic carbocycles. The van der Waals surface area contributed by atoms with Crippen molar-refractivity contribution in [2.24, 2.45) is 7.05 Å². The smallest absolute Gasteiger partial charge is 0.317 e. The van der Waals surface area contributed by atoms with E-state index in [9.17, 15) is 19.8 Å². The normalized spacial score (nSPS) is 19.3. The Morgan fingerprint density at radius 2 is 1.60 bits per heavy atom. The minimum atomic E-state index is -0.898. The van der Waals surface area contributed by atoms with Crippen LogP contribution in [0.3, 0.4) is 0 Å². The molecule has 0 amide bonds. The Bertz CT molecular complexity index is 841. The number of nitrogens with zero attached hydrogens (tertiary/aromatic N) is 5. The predicted molar refractivity (Wildman–Crippen MR) is 110 cm³/mol. The summed E-state index contributed by atoms with van der Waals surface area (Å²) in [6.45, 7) is 0.613. The van der Waals surface area contributed by atoms with E-state index < -0.39 is 11.9 Å². The van der Waals surface area contributed by atoms with Crippen molar-refractivity contribution in [2.45, 2.75) is 50.9 Å². The number of carboxylic acid groups (broad SMARTS) is 2. The maximum atomic E-state index is 11.6. The molecule has 0 aromatic carbocycles. The first-order valence-electron chi connectivity index (χ1n) is 10.2. The number of aliphatic carboxylic acids is 2. The van der Waals surface area contributed by atoms with Gasteiger partial charge in [-0.05, 0) is 25.0 Å². The number of imidazole rings is 1. The van der Waals surface area contributed by atoms with Gasteiger partial charge in [-0.3, -0.25) is 24.4 Å². The van der Waals surface area contributed by atoms with Crippen LogP contribution in [0.4, 0.5) is 0 Å². The van der Waals surface area contributed by atoms with Crippen LogP contribution in [0.25, 0.3) is 0 Å². The van der Waals surface area contributed by atoms with Crippen LogP contribution in [-0.4, -0.2) is 71.7 Å². The maximum absolute atomic E-state index is 11.6. The van der Waals surface area contributed by atoms with Gasteiger partial charge in [0.15, 0.2) is 0 Å². The first-order chi connectivity index (χ1) is 14.4. The van der Waals surface area contributed by atoms with Gasteiger partial charge < -0.3 is 14.8 Å². The highest BCUT2D eigenvalue weighted by Crippen LogP contribution is 2.29. The monoisotopic (exact) mass is 415 g/mol. The maximum Gasteiger partial charge on any atom is 0.317 e. The van der Waals surface area contributed by atoms with Crippen LogP contribution >= 0.6 is 0 Å². The Labute approximate surface area is 176 Å². The number of carboxylic acids is 2. The molecule has 0 radical (unpaired) electrons. The van der Waals surface area contributed by atoms with Crippen LogP contribution in [-0.2, 0) is 29.7 Å². The average Bonchev–Trinajstić information content (AvgIpc) is 3.12. The molecule has 2 aromatic rings. The average molecular weight is 415 g/mol.